The number of benzene rings is 2. The van der Waals surface area contributed by atoms with Crippen LogP contribution in [0.15, 0.2) is 45.3 Å². The van der Waals surface area contributed by atoms with E-state index >= 15 is 0 Å². The third-order valence-electron chi connectivity index (χ3n) is 2.33. The van der Waals surface area contributed by atoms with Gasteiger partial charge in [0.05, 0.1) is 10.2 Å². The topological polar surface area (TPSA) is 44.5 Å². The minimum atomic E-state index is -4.75. The molecule has 0 amide bonds. The standard InChI is InChI=1S/C13H8Br2F3NO2/c14-7-1-3-12(10(19)5-7)20-8-2-4-11(9(15)6-8)21-13(16,17)18/h1-6H,19H2. The minimum absolute atomic E-state index is 0.119. The van der Waals surface area contributed by atoms with Gasteiger partial charge in [-0.15, -0.1) is 13.2 Å². The van der Waals surface area contributed by atoms with Crippen LogP contribution in [0.3, 0.4) is 0 Å². The molecule has 0 bridgehead atoms. The first-order chi connectivity index (χ1) is 9.74. The number of hydrogen-bond donors (Lipinski definition) is 1. The van der Waals surface area contributed by atoms with Crippen molar-refractivity contribution in [2.75, 3.05) is 5.73 Å². The van der Waals surface area contributed by atoms with Gasteiger partial charge in [0.15, 0.2) is 0 Å². The van der Waals surface area contributed by atoms with E-state index in [0.717, 1.165) is 10.5 Å². The maximum absolute atomic E-state index is 12.2. The SMILES string of the molecule is Nc1cc(Br)ccc1Oc1ccc(OC(F)(F)F)c(Br)c1. The summed E-state index contributed by atoms with van der Waals surface area (Å²) in [7, 11) is 0. The summed E-state index contributed by atoms with van der Waals surface area (Å²) in [5.74, 6) is 0.374. The molecule has 112 valence electrons. The van der Waals surface area contributed by atoms with Gasteiger partial charge in [-0.25, -0.2) is 0 Å². The van der Waals surface area contributed by atoms with Crippen LogP contribution >= 0.6 is 31.9 Å². The number of rotatable bonds is 3. The van der Waals surface area contributed by atoms with Gasteiger partial charge in [0.2, 0.25) is 0 Å². The molecule has 2 rings (SSSR count). The normalized spacial score (nSPS) is 11.3. The van der Waals surface area contributed by atoms with Gasteiger partial charge >= 0.3 is 6.36 Å². The molecular weight excluding hydrogens is 419 g/mol. The molecule has 0 aliphatic rings. The Labute approximate surface area is 135 Å². The highest BCUT2D eigenvalue weighted by molar-refractivity contribution is 9.10. The second kappa shape index (κ2) is 6.15. The quantitative estimate of drug-likeness (QED) is 0.660. The Hall–Kier alpha value is -1.41. The summed E-state index contributed by atoms with van der Waals surface area (Å²) in [6.07, 6.45) is -4.75. The molecule has 0 spiro atoms. The summed E-state index contributed by atoms with van der Waals surface area (Å²) in [6.45, 7) is 0. The van der Waals surface area contributed by atoms with Crippen LogP contribution in [0, 0.1) is 0 Å². The van der Waals surface area contributed by atoms with Crippen LogP contribution in [0.25, 0.3) is 0 Å². The number of ether oxygens (including phenoxy) is 2. The molecule has 21 heavy (non-hydrogen) atoms. The number of nitrogen functional groups attached to an aromatic ring is 1. The predicted octanol–water partition coefficient (Wildman–Crippen LogP) is 5.48. The van der Waals surface area contributed by atoms with Crippen molar-refractivity contribution < 1.29 is 22.6 Å². The Morgan fingerprint density at radius 1 is 0.952 bits per heavy atom. The second-order valence-corrected chi connectivity index (χ2v) is 5.69. The van der Waals surface area contributed by atoms with Gasteiger partial charge < -0.3 is 15.2 Å². The van der Waals surface area contributed by atoms with Gasteiger partial charge in [0.1, 0.15) is 17.2 Å². The fraction of sp³-hybridized carbons (Fsp3) is 0.0769. The van der Waals surface area contributed by atoms with Crippen LogP contribution in [-0.4, -0.2) is 6.36 Å². The number of nitrogens with two attached hydrogens (primary N) is 1. The smallest absolute Gasteiger partial charge is 0.455 e. The lowest BCUT2D eigenvalue weighted by atomic mass is 10.3. The zero-order valence-electron chi connectivity index (χ0n) is 10.2. The van der Waals surface area contributed by atoms with Crippen LogP contribution in [0.5, 0.6) is 17.2 Å². The van der Waals surface area contributed by atoms with Gasteiger partial charge in [-0.2, -0.15) is 0 Å². The molecule has 8 heteroatoms. The Morgan fingerprint density at radius 2 is 1.62 bits per heavy atom. The molecule has 0 aliphatic carbocycles. The van der Waals surface area contributed by atoms with E-state index in [1.54, 1.807) is 18.2 Å². The van der Waals surface area contributed by atoms with Crippen molar-refractivity contribution in [1.82, 2.24) is 0 Å². The lowest BCUT2D eigenvalue weighted by Gasteiger charge is -2.13. The molecule has 0 atom stereocenters. The van der Waals surface area contributed by atoms with Crippen LogP contribution in [0.2, 0.25) is 0 Å². The molecule has 0 radical (unpaired) electrons. The second-order valence-electron chi connectivity index (χ2n) is 3.92. The van der Waals surface area contributed by atoms with Crippen molar-refractivity contribution in [2.45, 2.75) is 6.36 Å². The number of alkyl halides is 3. The third-order valence-corrected chi connectivity index (χ3v) is 3.44. The van der Waals surface area contributed by atoms with E-state index < -0.39 is 6.36 Å². The average Bonchev–Trinajstić information content (AvgIpc) is 2.35. The lowest BCUT2D eigenvalue weighted by Crippen LogP contribution is -2.17. The van der Waals surface area contributed by atoms with E-state index in [0.29, 0.717) is 17.2 Å². The molecule has 2 N–H and O–H groups in total. The van der Waals surface area contributed by atoms with Crippen LogP contribution in [0.1, 0.15) is 0 Å². The average molecular weight is 427 g/mol. The molecular formula is C13H8Br2F3NO2. The fourth-order valence-electron chi connectivity index (χ4n) is 1.49. The molecule has 0 aromatic heterocycles. The Kier molecular flexibility index (Phi) is 4.67. The number of anilines is 1. The van der Waals surface area contributed by atoms with E-state index in [1.165, 1.54) is 12.1 Å². The highest BCUT2D eigenvalue weighted by Gasteiger charge is 2.32. The predicted molar refractivity (Wildman–Crippen MR) is 79.5 cm³/mol. The summed E-state index contributed by atoms with van der Waals surface area (Å²) >= 11 is 6.26. The van der Waals surface area contributed by atoms with Crippen LogP contribution in [-0.2, 0) is 0 Å². The van der Waals surface area contributed by atoms with Crippen molar-refractivity contribution in [2.24, 2.45) is 0 Å². The number of halogens is 5. The van der Waals surface area contributed by atoms with Gasteiger partial charge in [0.25, 0.3) is 0 Å². The molecule has 0 heterocycles. The van der Waals surface area contributed by atoms with Crippen molar-refractivity contribution in [1.29, 1.82) is 0 Å². The largest absolute Gasteiger partial charge is 0.573 e. The minimum Gasteiger partial charge on any atom is -0.455 e. The van der Waals surface area contributed by atoms with Gasteiger partial charge in [-0.1, -0.05) is 15.9 Å². The van der Waals surface area contributed by atoms with Crippen molar-refractivity contribution in [3.05, 3.63) is 45.3 Å². The summed E-state index contributed by atoms with van der Waals surface area (Å²) in [5, 5.41) is 0. The highest BCUT2D eigenvalue weighted by atomic mass is 79.9. The first-order valence-corrected chi connectivity index (χ1v) is 7.11. The highest BCUT2D eigenvalue weighted by Crippen LogP contribution is 2.36. The molecule has 3 nitrogen and oxygen atoms in total. The molecule has 2 aromatic carbocycles. The molecule has 0 saturated carbocycles. The first-order valence-electron chi connectivity index (χ1n) is 5.53. The molecule has 0 unspecified atom stereocenters. The number of hydrogen-bond acceptors (Lipinski definition) is 3. The summed E-state index contributed by atoms with van der Waals surface area (Å²) in [6, 6.07) is 8.92. The van der Waals surface area contributed by atoms with E-state index in [-0.39, 0.29) is 10.2 Å². The van der Waals surface area contributed by atoms with E-state index in [1.807, 2.05) is 0 Å². The zero-order valence-corrected chi connectivity index (χ0v) is 13.4. The Balaban J connectivity index is 2.20. The van der Waals surface area contributed by atoms with E-state index in [4.69, 9.17) is 10.5 Å². The summed E-state index contributed by atoms with van der Waals surface area (Å²) in [5.41, 5.74) is 6.18. The Morgan fingerprint density at radius 3 is 2.19 bits per heavy atom. The zero-order chi connectivity index (χ0) is 15.6. The van der Waals surface area contributed by atoms with Crippen LogP contribution in [0.4, 0.5) is 18.9 Å². The van der Waals surface area contributed by atoms with Crippen molar-refractivity contribution in [3.63, 3.8) is 0 Å². The summed E-state index contributed by atoms with van der Waals surface area (Å²) < 4.78 is 46.8. The first kappa shape index (κ1) is 16.0. The lowest BCUT2D eigenvalue weighted by molar-refractivity contribution is -0.274. The monoisotopic (exact) mass is 425 g/mol. The third kappa shape index (κ3) is 4.53. The molecule has 2 aromatic rings. The molecule has 0 saturated heterocycles. The fourth-order valence-corrected chi connectivity index (χ4v) is 2.31. The van der Waals surface area contributed by atoms with Crippen molar-refractivity contribution >= 4 is 37.5 Å². The Bertz CT molecular complexity index is 662. The van der Waals surface area contributed by atoms with E-state index in [2.05, 4.69) is 36.6 Å². The van der Waals surface area contributed by atoms with Gasteiger partial charge in [0, 0.05) is 4.47 Å². The van der Waals surface area contributed by atoms with Gasteiger partial charge in [-0.3, -0.25) is 0 Å². The van der Waals surface area contributed by atoms with Crippen molar-refractivity contribution in [3.8, 4) is 17.2 Å². The maximum Gasteiger partial charge on any atom is 0.573 e. The van der Waals surface area contributed by atoms with Gasteiger partial charge in [-0.05, 0) is 52.3 Å². The van der Waals surface area contributed by atoms with Crippen LogP contribution < -0.4 is 15.2 Å². The molecule has 0 aliphatic heterocycles. The van der Waals surface area contributed by atoms with E-state index in [9.17, 15) is 13.2 Å². The maximum atomic E-state index is 12.2. The summed E-state index contributed by atoms with van der Waals surface area (Å²) in [4.78, 5) is 0. The molecule has 0 fully saturated rings.